The van der Waals surface area contributed by atoms with E-state index in [0.29, 0.717) is 6.04 Å². The highest BCUT2D eigenvalue weighted by Crippen LogP contribution is 2.27. The number of aliphatic hydroxyl groups is 1. The minimum Gasteiger partial charge on any atom is -0.391 e. The molecule has 0 spiro atoms. The highest BCUT2D eigenvalue weighted by Gasteiger charge is 2.38. The first-order chi connectivity index (χ1) is 8.84. The van der Waals surface area contributed by atoms with E-state index in [2.05, 4.69) is 29.2 Å². The van der Waals surface area contributed by atoms with Crippen LogP contribution in [0.5, 0.6) is 0 Å². The maximum Gasteiger partial charge on any atom is 0.0710 e. The van der Waals surface area contributed by atoms with Gasteiger partial charge in [-0.3, -0.25) is 4.90 Å². The fourth-order valence-corrected chi connectivity index (χ4v) is 3.21. The van der Waals surface area contributed by atoms with E-state index >= 15 is 0 Å². The molecule has 0 amide bonds. The van der Waals surface area contributed by atoms with E-state index in [1.807, 2.05) is 6.07 Å². The second-order valence-corrected chi connectivity index (χ2v) is 5.37. The van der Waals surface area contributed by atoms with E-state index in [1.165, 1.54) is 5.56 Å². The molecule has 98 valence electrons. The zero-order valence-electron chi connectivity index (χ0n) is 10.7. The molecule has 18 heavy (non-hydrogen) atoms. The quantitative estimate of drug-likeness (QED) is 0.877. The number of hydrogen-bond donors (Lipinski definition) is 1. The van der Waals surface area contributed by atoms with E-state index in [4.69, 9.17) is 4.74 Å². The van der Waals surface area contributed by atoms with Gasteiger partial charge in [0.25, 0.3) is 0 Å². The second kappa shape index (κ2) is 5.39. The molecule has 3 rings (SSSR count). The summed E-state index contributed by atoms with van der Waals surface area (Å²) >= 11 is 0. The van der Waals surface area contributed by atoms with Crippen LogP contribution in [0.25, 0.3) is 0 Å². The third-order valence-electron chi connectivity index (χ3n) is 4.22. The Kier molecular flexibility index (Phi) is 3.64. The highest BCUT2D eigenvalue weighted by molar-refractivity contribution is 5.17. The lowest BCUT2D eigenvalue weighted by Gasteiger charge is -2.30. The van der Waals surface area contributed by atoms with Gasteiger partial charge in [-0.25, -0.2) is 0 Å². The average molecular weight is 247 g/mol. The molecule has 2 aliphatic rings. The first-order valence-corrected chi connectivity index (χ1v) is 6.90. The number of aliphatic hydroxyl groups excluding tert-OH is 1. The maximum atomic E-state index is 10.2. The van der Waals surface area contributed by atoms with Gasteiger partial charge >= 0.3 is 0 Å². The Labute approximate surface area is 108 Å². The summed E-state index contributed by atoms with van der Waals surface area (Å²) in [5.74, 6) is 0. The first kappa shape index (κ1) is 12.2. The van der Waals surface area contributed by atoms with Crippen molar-refractivity contribution < 1.29 is 9.84 Å². The summed E-state index contributed by atoms with van der Waals surface area (Å²) in [5, 5.41) is 10.2. The summed E-state index contributed by atoms with van der Waals surface area (Å²) in [6, 6.07) is 11.2. The van der Waals surface area contributed by atoms with Crippen molar-refractivity contribution in [2.45, 2.75) is 37.5 Å². The van der Waals surface area contributed by atoms with Gasteiger partial charge in [0.05, 0.1) is 12.7 Å². The van der Waals surface area contributed by atoms with Gasteiger partial charge < -0.3 is 9.84 Å². The van der Waals surface area contributed by atoms with Crippen LogP contribution in [0.3, 0.4) is 0 Å². The van der Waals surface area contributed by atoms with Crippen LogP contribution < -0.4 is 0 Å². The third-order valence-corrected chi connectivity index (χ3v) is 4.22. The molecule has 1 aromatic rings. The van der Waals surface area contributed by atoms with Gasteiger partial charge in [-0.15, -0.1) is 0 Å². The number of likely N-dealkylation sites (tertiary alicyclic amines) is 1. The van der Waals surface area contributed by atoms with Crippen LogP contribution in [0.1, 0.15) is 18.4 Å². The summed E-state index contributed by atoms with van der Waals surface area (Å²) in [4.78, 5) is 2.46. The molecule has 0 radical (unpaired) electrons. The van der Waals surface area contributed by atoms with E-state index in [9.17, 15) is 5.11 Å². The maximum absolute atomic E-state index is 10.2. The fourth-order valence-electron chi connectivity index (χ4n) is 3.21. The molecular weight excluding hydrogens is 226 g/mol. The molecule has 1 N–H and O–H groups in total. The Balaban J connectivity index is 1.71. The minimum atomic E-state index is -0.189. The number of ether oxygens (including phenoxy) is 1. The second-order valence-electron chi connectivity index (χ2n) is 5.37. The smallest absolute Gasteiger partial charge is 0.0710 e. The molecular formula is C15H21NO2. The lowest BCUT2D eigenvalue weighted by Crippen LogP contribution is -2.44. The molecule has 0 aliphatic carbocycles. The van der Waals surface area contributed by atoms with E-state index in [1.54, 1.807) is 0 Å². The predicted molar refractivity (Wildman–Crippen MR) is 70.5 cm³/mol. The standard InChI is InChI=1S/C15H21NO2/c17-15-6-8-16(13-7-9-18-11-13)14(15)10-12-4-2-1-3-5-12/h1-5,13-15,17H,6-11H2/t13-,14+,15-/m1/s1. The lowest BCUT2D eigenvalue weighted by molar-refractivity contribution is 0.0833. The molecule has 1 aromatic carbocycles. The molecule has 2 heterocycles. The molecule has 0 saturated carbocycles. The monoisotopic (exact) mass is 247 g/mol. The van der Waals surface area contributed by atoms with Gasteiger partial charge in [0.15, 0.2) is 0 Å². The van der Waals surface area contributed by atoms with Crippen molar-refractivity contribution in [3.63, 3.8) is 0 Å². The van der Waals surface area contributed by atoms with Crippen LogP contribution in [-0.4, -0.2) is 48.0 Å². The Morgan fingerprint density at radius 3 is 2.78 bits per heavy atom. The Morgan fingerprint density at radius 2 is 2.06 bits per heavy atom. The first-order valence-electron chi connectivity index (χ1n) is 6.90. The van der Waals surface area contributed by atoms with Crippen LogP contribution in [-0.2, 0) is 11.2 Å². The molecule has 2 fully saturated rings. The van der Waals surface area contributed by atoms with Gasteiger partial charge in [-0.1, -0.05) is 30.3 Å². The Bertz CT molecular complexity index is 375. The predicted octanol–water partition coefficient (Wildman–Crippen LogP) is 1.45. The van der Waals surface area contributed by atoms with Crippen LogP contribution in [0, 0.1) is 0 Å². The number of rotatable bonds is 3. The largest absolute Gasteiger partial charge is 0.391 e. The van der Waals surface area contributed by atoms with Gasteiger partial charge in [0, 0.05) is 25.2 Å². The Hall–Kier alpha value is -0.900. The Morgan fingerprint density at radius 1 is 1.22 bits per heavy atom. The third kappa shape index (κ3) is 2.44. The minimum absolute atomic E-state index is 0.189. The number of nitrogens with zero attached hydrogens (tertiary/aromatic N) is 1. The lowest BCUT2D eigenvalue weighted by atomic mass is 10.0. The highest BCUT2D eigenvalue weighted by atomic mass is 16.5. The molecule has 3 heteroatoms. The van der Waals surface area contributed by atoms with Crippen molar-refractivity contribution in [3.8, 4) is 0 Å². The zero-order chi connectivity index (χ0) is 12.4. The van der Waals surface area contributed by atoms with Crippen LogP contribution >= 0.6 is 0 Å². The number of benzene rings is 1. The van der Waals surface area contributed by atoms with Gasteiger partial charge in [0.2, 0.25) is 0 Å². The van der Waals surface area contributed by atoms with Crippen molar-refractivity contribution in [1.82, 2.24) is 4.90 Å². The summed E-state index contributed by atoms with van der Waals surface area (Å²) in [7, 11) is 0. The molecule has 3 nitrogen and oxygen atoms in total. The van der Waals surface area contributed by atoms with Crippen LogP contribution in [0.4, 0.5) is 0 Å². The number of hydrogen-bond acceptors (Lipinski definition) is 3. The normalized spacial score (nSPS) is 33.1. The molecule has 2 aliphatic heterocycles. The molecule has 2 saturated heterocycles. The summed E-state index contributed by atoms with van der Waals surface area (Å²) in [5.41, 5.74) is 1.31. The van der Waals surface area contributed by atoms with Crippen molar-refractivity contribution in [2.75, 3.05) is 19.8 Å². The SMILES string of the molecule is O[C@@H]1CCN([C@@H]2CCOC2)[C@H]1Cc1ccccc1. The summed E-state index contributed by atoms with van der Waals surface area (Å²) < 4.78 is 5.48. The van der Waals surface area contributed by atoms with Gasteiger partial charge in [-0.2, -0.15) is 0 Å². The van der Waals surface area contributed by atoms with Crippen molar-refractivity contribution in [1.29, 1.82) is 0 Å². The van der Waals surface area contributed by atoms with Crippen molar-refractivity contribution in [2.24, 2.45) is 0 Å². The van der Waals surface area contributed by atoms with Crippen molar-refractivity contribution in [3.05, 3.63) is 35.9 Å². The molecule has 3 atom stereocenters. The zero-order valence-corrected chi connectivity index (χ0v) is 10.7. The molecule has 0 unspecified atom stereocenters. The van der Waals surface area contributed by atoms with E-state index in [0.717, 1.165) is 39.0 Å². The average Bonchev–Trinajstić information content (AvgIpc) is 3.02. The fraction of sp³-hybridized carbons (Fsp3) is 0.600. The van der Waals surface area contributed by atoms with Crippen LogP contribution in [0.15, 0.2) is 30.3 Å². The van der Waals surface area contributed by atoms with Crippen LogP contribution in [0.2, 0.25) is 0 Å². The topological polar surface area (TPSA) is 32.7 Å². The molecule has 0 bridgehead atoms. The summed E-state index contributed by atoms with van der Waals surface area (Å²) in [6.45, 7) is 2.71. The van der Waals surface area contributed by atoms with E-state index < -0.39 is 0 Å². The molecule has 0 aromatic heterocycles. The van der Waals surface area contributed by atoms with Gasteiger partial charge in [0.1, 0.15) is 0 Å². The summed E-state index contributed by atoms with van der Waals surface area (Å²) in [6.07, 6.45) is 2.76. The van der Waals surface area contributed by atoms with Gasteiger partial charge in [-0.05, 0) is 24.8 Å². The van der Waals surface area contributed by atoms with E-state index in [-0.39, 0.29) is 12.1 Å². The van der Waals surface area contributed by atoms with Crippen molar-refractivity contribution >= 4 is 0 Å².